The number of hydrogen-bond donors (Lipinski definition) is 5. The molecule has 33 heavy (non-hydrogen) atoms. The van der Waals surface area contributed by atoms with Crippen molar-refractivity contribution in [3.8, 4) is 11.9 Å². The minimum absolute atomic E-state index is 0.319. The van der Waals surface area contributed by atoms with Gasteiger partial charge < -0.3 is 21.2 Å². The number of anilines is 2. The van der Waals surface area contributed by atoms with E-state index < -0.39 is 6.10 Å². The molecule has 1 fully saturated rings. The van der Waals surface area contributed by atoms with Crippen molar-refractivity contribution >= 4 is 22.5 Å². The summed E-state index contributed by atoms with van der Waals surface area (Å²) in [5.41, 5.74) is 10.2. The van der Waals surface area contributed by atoms with Gasteiger partial charge in [0.1, 0.15) is 23.8 Å². The van der Waals surface area contributed by atoms with Crippen LogP contribution in [0, 0.1) is 16.7 Å². The van der Waals surface area contributed by atoms with E-state index in [2.05, 4.69) is 32.5 Å². The molecule has 2 aromatic heterocycles. The molecule has 5 N–H and O–H groups in total. The van der Waals surface area contributed by atoms with Crippen LogP contribution in [0.2, 0.25) is 0 Å². The number of aliphatic hydroxyl groups excluding tert-OH is 1. The Kier molecular flexibility index (Phi) is 5.15. The number of nitrogens with zero attached hydrogens (tertiary/aromatic N) is 4. The fraction of sp³-hybridized carbons (Fsp3) is 0.292. The second-order valence-electron chi connectivity index (χ2n) is 8.65. The lowest BCUT2D eigenvalue weighted by atomic mass is 10.1. The molecule has 1 atom stereocenters. The first kappa shape index (κ1) is 20.8. The third-order valence-electron chi connectivity index (χ3n) is 6.01. The van der Waals surface area contributed by atoms with Gasteiger partial charge in [-0.1, -0.05) is 0 Å². The highest BCUT2D eigenvalue weighted by atomic mass is 16.3. The number of imidazole rings is 1. The summed E-state index contributed by atoms with van der Waals surface area (Å²) in [6.07, 6.45) is 6.80. The van der Waals surface area contributed by atoms with Crippen LogP contribution in [0.4, 0.5) is 11.5 Å². The maximum absolute atomic E-state index is 10.2. The standard InChI is InChI=1S/C24H26N8O/c1-15-3-7-21(31-30-15)28-17-4-6-19-20(11-17)32(14-27-19)22-8-5-18(16(2)33)23(29-22)26-13-24(12-25)9-10-24/h3-8,11,14,16,28,30-31,33H,9-10,13H2,1-2H3,(H,26,29). The molecule has 9 heteroatoms. The van der Waals surface area contributed by atoms with Gasteiger partial charge in [-0.2, -0.15) is 5.26 Å². The molecule has 0 amide bonds. The number of fused-ring (bicyclic) bond motifs is 1. The van der Waals surface area contributed by atoms with E-state index in [4.69, 9.17) is 4.98 Å². The molecule has 0 radical (unpaired) electrons. The van der Waals surface area contributed by atoms with Gasteiger partial charge in [0, 0.05) is 23.5 Å². The monoisotopic (exact) mass is 442 g/mol. The van der Waals surface area contributed by atoms with E-state index in [-0.39, 0.29) is 5.41 Å². The topological polar surface area (TPSA) is 123 Å². The van der Waals surface area contributed by atoms with Crippen molar-refractivity contribution < 1.29 is 5.11 Å². The van der Waals surface area contributed by atoms with Crippen molar-refractivity contribution in [3.05, 3.63) is 65.9 Å². The lowest BCUT2D eigenvalue weighted by molar-refractivity contribution is 0.199. The lowest BCUT2D eigenvalue weighted by Crippen LogP contribution is -2.34. The Bertz CT molecular complexity index is 1310. The number of allylic oxidation sites excluding steroid dienone is 3. The summed E-state index contributed by atoms with van der Waals surface area (Å²) < 4.78 is 1.92. The molecular weight excluding hydrogens is 416 g/mol. The maximum Gasteiger partial charge on any atom is 0.140 e. The van der Waals surface area contributed by atoms with Crippen LogP contribution in [0.15, 0.2) is 60.3 Å². The molecular formula is C24H26N8O. The van der Waals surface area contributed by atoms with Crippen LogP contribution in [-0.2, 0) is 0 Å². The third kappa shape index (κ3) is 4.21. The molecule has 1 aromatic carbocycles. The Balaban J connectivity index is 1.46. The number of aliphatic hydroxyl groups is 1. The first-order valence-corrected chi connectivity index (χ1v) is 11.0. The molecule has 3 aromatic rings. The summed E-state index contributed by atoms with van der Waals surface area (Å²) in [6.45, 7) is 4.21. The number of rotatable bonds is 7. The number of aromatic nitrogens is 3. The number of hydrogen-bond acceptors (Lipinski definition) is 8. The van der Waals surface area contributed by atoms with Gasteiger partial charge in [-0.05, 0) is 69.2 Å². The van der Waals surface area contributed by atoms with Gasteiger partial charge in [0.15, 0.2) is 0 Å². The summed E-state index contributed by atoms with van der Waals surface area (Å²) in [4.78, 5) is 9.30. The van der Waals surface area contributed by atoms with Crippen molar-refractivity contribution in [2.24, 2.45) is 5.41 Å². The van der Waals surface area contributed by atoms with Crippen molar-refractivity contribution in [3.63, 3.8) is 0 Å². The predicted molar refractivity (Wildman–Crippen MR) is 127 cm³/mol. The zero-order valence-electron chi connectivity index (χ0n) is 18.6. The molecule has 1 aliphatic carbocycles. The van der Waals surface area contributed by atoms with Crippen LogP contribution in [0.1, 0.15) is 38.4 Å². The van der Waals surface area contributed by atoms with E-state index in [1.165, 1.54) is 0 Å². The van der Waals surface area contributed by atoms with E-state index in [0.717, 1.165) is 41.1 Å². The van der Waals surface area contributed by atoms with Gasteiger partial charge >= 0.3 is 0 Å². The van der Waals surface area contributed by atoms with Crippen molar-refractivity contribution in [1.82, 2.24) is 25.4 Å². The van der Waals surface area contributed by atoms with Crippen molar-refractivity contribution in [1.29, 1.82) is 5.26 Å². The third-order valence-corrected chi connectivity index (χ3v) is 6.01. The average molecular weight is 443 g/mol. The molecule has 168 valence electrons. The molecule has 2 aliphatic rings. The van der Waals surface area contributed by atoms with Crippen LogP contribution in [0.3, 0.4) is 0 Å². The number of benzene rings is 1. The minimum atomic E-state index is -0.677. The number of nitrogens with one attached hydrogen (secondary N) is 4. The van der Waals surface area contributed by atoms with Gasteiger partial charge in [-0.3, -0.25) is 9.99 Å². The molecule has 5 rings (SSSR count). The molecule has 0 bridgehead atoms. The lowest BCUT2D eigenvalue weighted by Gasteiger charge is -2.19. The molecule has 1 aliphatic heterocycles. The number of pyridine rings is 1. The highest BCUT2D eigenvalue weighted by molar-refractivity contribution is 5.81. The van der Waals surface area contributed by atoms with E-state index in [1.807, 2.05) is 54.0 Å². The number of nitriles is 1. The molecule has 0 saturated heterocycles. The molecule has 0 spiro atoms. The molecule has 9 nitrogen and oxygen atoms in total. The second-order valence-corrected chi connectivity index (χ2v) is 8.65. The quantitative estimate of drug-likeness (QED) is 0.377. The second kappa shape index (κ2) is 8.15. The fourth-order valence-corrected chi connectivity index (χ4v) is 3.76. The Morgan fingerprint density at radius 2 is 2.09 bits per heavy atom. The minimum Gasteiger partial charge on any atom is -0.389 e. The van der Waals surface area contributed by atoms with Crippen LogP contribution >= 0.6 is 0 Å². The SMILES string of the molecule is CC1=CC=C(Nc2ccc3ncn(-c4ccc(C(C)O)c(NCC5(C#N)CC5)n4)c3c2)NN1. The van der Waals surface area contributed by atoms with Crippen molar-refractivity contribution in [2.45, 2.75) is 32.8 Å². The Morgan fingerprint density at radius 1 is 1.24 bits per heavy atom. The predicted octanol–water partition coefficient (Wildman–Crippen LogP) is 3.45. The molecule has 3 heterocycles. The summed E-state index contributed by atoms with van der Waals surface area (Å²) in [5, 5.41) is 26.3. The summed E-state index contributed by atoms with van der Waals surface area (Å²) >= 11 is 0. The Hall–Kier alpha value is -4.03. The van der Waals surface area contributed by atoms with Crippen molar-refractivity contribution in [2.75, 3.05) is 17.2 Å². The Morgan fingerprint density at radius 3 is 2.79 bits per heavy atom. The van der Waals surface area contributed by atoms with E-state index in [1.54, 1.807) is 13.3 Å². The normalized spacial score (nSPS) is 17.2. The van der Waals surface area contributed by atoms with Crippen LogP contribution in [-0.4, -0.2) is 26.2 Å². The molecule has 1 saturated carbocycles. The van der Waals surface area contributed by atoms with Crippen LogP contribution in [0.25, 0.3) is 16.9 Å². The largest absolute Gasteiger partial charge is 0.389 e. The van der Waals surface area contributed by atoms with Crippen LogP contribution < -0.4 is 21.5 Å². The summed E-state index contributed by atoms with van der Waals surface area (Å²) in [7, 11) is 0. The van der Waals surface area contributed by atoms with Gasteiger partial charge in [-0.15, -0.1) is 0 Å². The maximum atomic E-state index is 10.2. The molecule has 1 unspecified atom stereocenters. The van der Waals surface area contributed by atoms with Gasteiger partial charge in [0.05, 0.1) is 28.6 Å². The first-order valence-electron chi connectivity index (χ1n) is 11.0. The Labute approximate surface area is 191 Å². The van der Waals surface area contributed by atoms with Crippen LogP contribution in [0.5, 0.6) is 0 Å². The van der Waals surface area contributed by atoms with E-state index >= 15 is 0 Å². The average Bonchev–Trinajstić information content (AvgIpc) is 3.49. The number of hydrazine groups is 1. The highest BCUT2D eigenvalue weighted by Crippen LogP contribution is 2.45. The van der Waals surface area contributed by atoms with E-state index in [0.29, 0.717) is 23.7 Å². The fourth-order valence-electron chi connectivity index (χ4n) is 3.76. The van der Waals surface area contributed by atoms with Gasteiger partial charge in [0.25, 0.3) is 0 Å². The zero-order valence-corrected chi connectivity index (χ0v) is 18.6. The summed E-state index contributed by atoms with van der Waals surface area (Å²) in [6, 6.07) is 12.1. The first-order chi connectivity index (χ1) is 16.0. The summed E-state index contributed by atoms with van der Waals surface area (Å²) in [5.74, 6) is 2.10. The smallest absolute Gasteiger partial charge is 0.140 e. The zero-order chi connectivity index (χ0) is 23.0. The van der Waals surface area contributed by atoms with Gasteiger partial charge in [0.2, 0.25) is 0 Å². The van der Waals surface area contributed by atoms with Gasteiger partial charge in [-0.25, -0.2) is 9.97 Å². The highest BCUT2D eigenvalue weighted by Gasteiger charge is 2.43. The van der Waals surface area contributed by atoms with E-state index in [9.17, 15) is 10.4 Å².